The predicted octanol–water partition coefficient (Wildman–Crippen LogP) is 5.43. The summed E-state index contributed by atoms with van der Waals surface area (Å²) < 4.78 is 6.01. The molecule has 1 heterocycles. The van der Waals surface area contributed by atoms with Gasteiger partial charge in [-0.15, -0.1) is 0 Å². The van der Waals surface area contributed by atoms with Crippen molar-refractivity contribution < 1.29 is 14.9 Å². The van der Waals surface area contributed by atoms with Gasteiger partial charge < -0.3 is 14.9 Å². The molecule has 32 heavy (non-hydrogen) atoms. The molecule has 0 unspecified atom stereocenters. The third-order valence-corrected chi connectivity index (χ3v) is 7.08. The summed E-state index contributed by atoms with van der Waals surface area (Å²) in [6, 6.07) is 22.7. The number of phenols is 2. The Morgan fingerprint density at radius 1 is 0.844 bits per heavy atom. The minimum absolute atomic E-state index is 0.0286. The van der Waals surface area contributed by atoms with Crippen molar-refractivity contribution in [3.63, 3.8) is 0 Å². The molecule has 2 atom stereocenters. The first kappa shape index (κ1) is 20.9. The van der Waals surface area contributed by atoms with Gasteiger partial charge in [-0.1, -0.05) is 48.5 Å². The lowest BCUT2D eigenvalue weighted by atomic mass is 9.69. The monoisotopic (exact) mass is 429 g/mol. The molecule has 166 valence electrons. The van der Waals surface area contributed by atoms with E-state index in [0.717, 1.165) is 36.3 Å². The Balaban J connectivity index is 1.41. The standard InChI is InChI=1S/C28H31NO3/c30-26-15-14-24-25(28(26)31)13-12-23(20-6-2-1-3-7-20)27(24)21-8-10-22(11-9-21)32-19-18-29-16-4-5-17-29/h1-3,6-11,14-15,23,27,30-31H,4-5,12-13,16-19H2/t23-,27+/m1/s1. The highest BCUT2D eigenvalue weighted by atomic mass is 16.5. The molecule has 4 heteroatoms. The van der Waals surface area contributed by atoms with Gasteiger partial charge in [-0.05, 0) is 79.6 Å². The second kappa shape index (κ2) is 9.25. The van der Waals surface area contributed by atoms with E-state index in [2.05, 4.69) is 53.4 Å². The molecule has 5 rings (SSSR count). The van der Waals surface area contributed by atoms with Gasteiger partial charge >= 0.3 is 0 Å². The molecule has 1 aliphatic carbocycles. The van der Waals surface area contributed by atoms with Gasteiger partial charge in [0, 0.05) is 18.0 Å². The summed E-state index contributed by atoms with van der Waals surface area (Å²) in [5.41, 5.74) is 4.48. The van der Waals surface area contributed by atoms with Gasteiger partial charge in [-0.3, -0.25) is 4.90 Å². The summed E-state index contributed by atoms with van der Waals surface area (Å²) in [5, 5.41) is 20.6. The fourth-order valence-corrected chi connectivity index (χ4v) is 5.42. The Labute approximate surface area is 190 Å². The van der Waals surface area contributed by atoms with Gasteiger partial charge in [-0.2, -0.15) is 0 Å². The Bertz CT molecular complexity index is 1040. The zero-order valence-corrected chi connectivity index (χ0v) is 18.4. The van der Waals surface area contributed by atoms with E-state index >= 15 is 0 Å². The molecule has 0 amide bonds. The SMILES string of the molecule is Oc1ccc2c(c1O)CC[C@H](c1ccccc1)[C@@H]2c1ccc(OCCN2CCCC2)cc1. The highest BCUT2D eigenvalue weighted by molar-refractivity contribution is 5.55. The van der Waals surface area contributed by atoms with E-state index in [1.165, 1.54) is 37.1 Å². The van der Waals surface area contributed by atoms with Crippen molar-refractivity contribution in [1.29, 1.82) is 0 Å². The van der Waals surface area contributed by atoms with Crippen molar-refractivity contribution in [1.82, 2.24) is 4.90 Å². The van der Waals surface area contributed by atoms with E-state index in [4.69, 9.17) is 4.74 Å². The zero-order chi connectivity index (χ0) is 21.9. The number of rotatable bonds is 6. The first-order valence-electron chi connectivity index (χ1n) is 11.7. The van der Waals surface area contributed by atoms with Crippen LogP contribution in [0.25, 0.3) is 0 Å². The maximum atomic E-state index is 10.5. The molecule has 1 aliphatic heterocycles. The summed E-state index contributed by atoms with van der Waals surface area (Å²) in [7, 11) is 0. The van der Waals surface area contributed by atoms with E-state index in [1.807, 2.05) is 12.1 Å². The largest absolute Gasteiger partial charge is 0.504 e. The second-order valence-electron chi connectivity index (χ2n) is 9.00. The van der Waals surface area contributed by atoms with Gasteiger partial charge in [0.05, 0.1) is 0 Å². The highest BCUT2D eigenvalue weighted by Crippen LogP contribution is 2.49. The van der Waals surface area contributed by atoms with E-state index in [1.54, 1.807) is 6.07 Å². The molecule has 3 aromatic carbocycles. The van der Waals surface area contributed by atoms with Gasteiger partial charge in [0.25, 0.3) is 0 Å². The quantitative estimate of drug-likeness (QED) is 0.513. The molecule has 1 saturated heterocycles. The Hall–Kier alpha value is -2.98. The fraction of sp³-hybridized carbons (Fsp3) is 0.357. The summed E-state index contributed by atoms with van der Waals surface area (Å²) in [4.78, 5) is 2.46. The number of benzene rings is 3. The number of fused-ring (bicyclic) bond motifs is 1. The highest BCUT2D eigenvalue weighted by Gasteiger charge is 2.33. The van der Waals surface area contributed by atoms with Crippen molar-refractivity contribution in [2.75, 3.05) is 26.2 Å². The zero-order valence-electron chi connectivity index (χ0n) is 18.4. The lowest BCUT2D eigenvalue weighted by Crippen LogP contribution is -2.25. The van der Waals surface area contributed by atoms with E-state index in [0.29, 0.717) is 12.5 Å². The third-order valence-electron chi connectivity index (χ3n) is 7.08. The summed E-state index contributed by atoms with van der Waals surface area (Å²) >= 11 is 0. The first-order chi connectivity index (χ1) is 15.7. The number of likely N-dealkylation sites (tertiary alicyclic amines) is 1. The van der Waals surface area contributed by atoms with E-state index in [9.17, 15) is 10.2 Å². The van der Waals surface area contributed by atoms with Crippen LogP contribution >= 0.6 is 0 Å². The number of ether oxygens (including phenoxy) is 1. The molecule has 2 aliphatic rings. The Morgan fingerprint density at radius 2 is 1.59 bits per heavy atom. The lowest BCUT2D eigenvalue weighted by Gasteiger charge is -2.35. The van der Waals surface area contributed by atoms with Crippen LogP contribution in [0.3, 0.4) is 0 Å². The van der Waals surface area contributed by atoms with Crippen LogP contribution in [-0.2, 0) is 6.42 Å². The second-order valence-corrected chi connectivity index (χ2v) is 9.00. The molecule has 0 spiro atoms. The van der Waals surface area contributed by atoms with Crippen LogP contribution in [0.4, 0.5) is 0 Å². The summed E-state index contributed by atoms with van der Waals surface area (Å²) in [5.74, 6) is 1.32. The number of aromatic hydroxyl groups is 2. The molecule has 0 bridgehead atoms. The summed E-state index contributed by atoms with van der Waals surface area (Å²) in [6.45, 7) is 4.07. The van der Waals surface area contributed by atoms with Crippen molar-refractivity contribution >= 4 is 0 Å². The van der Waals surface area contributed by atoms with Crippen LogP contribution in [0.2, 0.25) is 0 Å². The minimum atomic E-state index is -0.0394. The van der Waals surface area contributed by atoms with Crippen LogP contribution in [0.5, 0.6) is 17.2 Å². The first-order valence-corrected chi connectivity index (χ1v) is 11.7. The maximum absolute atomic E-state index is 10.5. The molecule has 3 aromatic rings. The number of hydrogen-bond donors (Lipinski definition) is 2. The molecular weight excluding hydrogens is 398 g/mol. The van der Waals surface area contributed by atoms with Gasteiger partial charge in [0.1, 0.15) is 12.4 Å². The van der Waals surface area contributed by atoms with Crippen molar-refractivity contribution in [3.8, 4) is 17.2 Å². The summed E-state index contributed by atoms with van der Waals surface area (Å²) in [6.07, 6.45) is 4.27. The van der Waals surface area contributed by atoms with Gasteiger partial charge in [0.2, 0.25) is 0 Å². The minimum Gasteiger partial charge on any atom is -0.504 e. The number of hydrogen-bond acceptors (Lipinski definition) is 4. The van der Waals surface area contributed by atoms with Gasteiger partial charge in [-0.25, -0.2) is 0 Å². The number of nitrogens with zero attached hydrogens (tertiary/aromatic N) is 1. The molecule has 4 nitrogen and oxygen atoms in total. The van der Waals surface area contributed by atoms with E-state index in [-0.39, 0.29) is 17.4 Å². The number of phenolic OH excluding ortho intramolecular Hbond substituents is 2. The van der Waals surface area contributed by atoms with Crippen LogP contribution in [0.1, 0.15) is 53.4 Å². The normalized spacial score (nSPS) is 20.8. The molecule has 2 N–H and O–H groups in total. The van der Waals surface area contributed by atoms with Crippen molar-refractivity contribution in [3.05, 3.63) is 89.0 Å². The average Bonchev–Trinajstić information content (AvgIpc) is 3.35. The molecule has 0 radical (unpaired) electrons. The maximum Gasteiger partial charge on any atom is 0.160 e. The predicted molar refractivity (Wildman–Crippen MR) is 127 cm³/mol. The molecule has 0 aromatic heterocycles. The van der Waals surface area contributed by atoms with Crippen LogP contribution in [0.15, 0.2) is 66.7 Å². The average molecular weight is 430 g/mol. The smallest absolute Gasteiger partial charge is 0.160 e. The van der Waals surface area contributed by atoms with E-state index < -0.39 is 0 Å². The third kappa shape index (κ3) is 4.20. The van der Waals surface area contributed by atoms with Crippen molar-refractivity contribution in [2.24, 2.45) is 0 Å². The van der Waals surface area contributed by atoms with Crippen LogP contribution < -0.4 is 4.74 Å². The lowest BCUT2D eigenvalue weighted by molar-refractivity contribution is 0.237. The molecule has 0 saturated carbocycles. The van der Waals surface area contributed by atoms with Crippen LogP contribution in [-0.4, -0.2) is 41.4 Å². The Kier molecular flexibility index (Phi) is 6.04. The topological polar surface area (TPSA) is 52.9 Å². The van der Waals surface area contributed by atoms with Crippen molar-refractivity contribution in [2.45, 2.75) is 37.5 Å². The van der Waals surface area contributed by atoms with Gasteiger partial charge in [0.15, 0.2) is 11.5 Å². The van der Waals surface area contributed by atoms with Crippen LogP contribution in [0, 0.1) is 0 Å². The Morgan fingerprint density at radius 3 is 2.34 bits per heavy atom. The fourth-order valence-electron chi connectivity index (χ4n) is 5.42. The molecule has 1 fully saturated rings. The molecular formula is C28H31NO3.